The van der Waals surface area contributed by atoms with Crippen molar-refractivity contribution in [1.82, 2.24) is 15.1 Å². The molecule has 2 atom stereocenters. The lowest BCUT2D eigenvalue weighted by Crippen LogP contribution is -2.31. The summed E-state index contributed by atoms with van der Waals surface area (Å²) in [6.07, 6.45) is 12.5. The zero-order valence-corrected chi connectivity index (χ0v) is 12.6. The van der Waals surface area contributed by atoms with E-state index in [0.717, 1.165) is 19.4 Å². The molecule has 0 radical (unpaired) electrons. The molecule has 4 heteroatoms. The number of aromatic nitrogens is 2. The van der Waals surface area contributed by atoms with Gasteiger partial charge in [0.2, 0.25) is 0 Å². The summed E-state index contributed by atoms with van der Waals surface area (Å²) in [5.41, 5.74) is 1.22. The van der Waals surface area contributed by atoms with Gasteiger partial charge in [0, 0.05) is 25.3 Å². The lowest BCUT2D eigenvalue weighted by Gasteiger charge is -2.19. The Morgan fingerprint density at radius 2 is 2.20 bits per heavy atom. The first-order chi connectivity index (χ1) is 9.85. The van der Waals surface area contributed by atoms with Crippen molar-refractivity contribution in [1.29, 1.82) is 0 Å². The summed E-state index contributed by atoms with van der Waals surface area (Å²) in [4.78, 5) is 0. The highest BCUT2D eigenvalue weighted by atomic mass is 16.5. The van der Waals surface area contributed by atoms with E-state index in [0.29, 0.717) is 18.2 Å². The molecule has 1 aliphatic heterocycles. The molecule has 0 aromatic carbocycles. The van der Waals surface area contributed by atoms with Crippen molar-refractivity contribution in [2.45, 2.75) is 69.6 Å². The highest BCUT2D eigenvalue weighted by Gasteiger charge is 2.22. The molecule has 3 rings (SSSR count). The SMILES string of the molecule is CNC(Cc1ccn(C2CCCC2)n1)CC1CCCO1. The maximum Gasteiger partial charge on any atom is 0.0640 e. The van der Waals surface area contributed by atoms with Crippen molar-refractivity contribution in [3.8, 4) is 0 Å². The molecule has 2 unspecified atom stereocenters. The molecule has 1 aromatic heterocycles. The standard InChI is InChI=1S/C16H27N3O/c1-17-14(12-16-7-4-10-20-16)11-13-8-9-19(18-13)15-5-2-3-6-15/h8-9,14-17H,2-7,10-12H2,1H3. The number of nitrogens with one attached hydrogen (secondary N) is 1. The highest BCUT2D eigenvalue weighted by Crippen LogP contribution is 2.28. The Morgan fingerprint density at radius 3 is 2.90 bits per heavy atom. The van der Waals surface area contributed by atoms with Crippen molar-refractivity contribution < 1.29 is 4.74 Å². The molecular weight excluding hydrogens is 250 g/mol. The molecule has 1 aromatic rings. The molecule has 2 aliphatic rings. The smallest absolute Gasteiger partial charge is 0.0640 e. The van der Waals surface area contributed by atoms with E-state index in [1.54, 1.807) is 0 Å². The second-order valence-corrected chi connectivity index (χ2v) is 6.29. The third-order valence-corrected chi connectivity index (χ3v) is 4.80. The van der Waals surface area contributed by atoms with Gasteiger partial charge in [-0.15, -0.1) is 0 Å². The van der Waals surface area contributed by atoms with E-state index in [1.165, 1.54) is 44.2 Å². The zero-order chi connectivity index (χ0) is 13.8. The van der Waals surface area contributed by atoms with Gasteiger partial charge >= 0.3 is 0 Å². The summed E-state index contributed by atoms with van der Waals surface area (Å²) in [6, 6.07) is 3.32. The molecule has 2 heterocycles. The molecule has 1 aliphatic carbocycles. The molecule has 112 valence electrons. The fraction of sp³-hybridized carbons (Fsp3) is 0.812. The average Bonchev–Trinajstić information content (AvgIpc) is 3.20. The summed E-state index contributed by atoms with van der Waals surface area (Å²) in [5, 5.41) is 8.22. The van der Waals surface area contributed by atoms with Crippen molar-refractivity contribution in [2.75, 3.05) is 13.7 Å². The van der Waals surface area contributed by atoms with Crippen LogP contribution in [0.3, 0.4) is 0 Å². The first kappa shape index (κ1) is 14.1. The minimum absolute atomic E-state index is 0.448. The largest absolute Gasteiger partial charge is 0.378 e. The second-order valence-electron chi connectivity index (χ2n) is 6.29. The highest BCUT2D eigenvalue weighted by molar-refractivity contribution is 5.03. The van der Waals surface area contributed by atoms with Crippen molar-refractivity contribution in [2.24, 2.45) is 0 Å². The van der Waals surface area contributed by atoms with Crippen LogP contribution in [0.2, 0.25) is 0 Å². The molecule has 0 spiro atoms. The van der Waals surface area contributed by atoms with Crippen LogP contribution in [0.4, 0.5) is 0 Å². The lowest BCUT2D eigenvalue weighted by atomic mass is 10.0. The van der Waals surface area contributed by atoms with Crippen LogP contribution in [-0.4, -0.2) is 35.6 Å². The Hall–Kier alpha value is -0.870. The van der Waals surface area contributed by atoms with Gasteiger partial charge in [-0.1, -0.05) is 12.8 Å². The molecule has 0 bridgehead atoms. The Labute approximate surface area is 121 Å². The summed E-state index contributed by atoms with van der Waals surface area (Å²) in [7, 11) is 2.05. The predicted octanol–water partition coefficient (Wildman–Crippen LogP) is 2.70. The first-order valence-corrected chi connectivity index (χ1v) is 8.18. The van der Waals surface area contributed by atoms with Crippen molar-refractivity contribution in [3.63, 3.8) is 0 Å². The summed E-state index contributed by atoms with van der Waals surface area (Å²) in [6.45, 7) is 0.942. The quantitative estimate of drug-likeness (QED) is 0.869. The minimum Gasteiger partial charge on any atom is -0.378 e. The number of hydrogen-bond donors (Lipinski definition) is 1. The summed E-state index contributed by atoms with van der Waals surface area (Å²) in [5.74, 6) is 0. The minimum atomic E-state index is 0.448. The van der Waals surface area contributed by atoms with Gasteiger partial charge in [0.15, 0.2) is 0 Å². The van der Waals surface area contributed by atoms with E-state index in [2.05, 4.69) is 22.3 Å². The van der Waals surface area contributed by atoms with Crippen LogP contribution in [0.1, 0.15) is 56.7 Å². The number of likely N-dealkylation sites (N-methyl/N-ethyl adjacent to an activating group) is 1. The van der Waals surface area contributed by atoms with Gasteiger partial charge in [-0.25, -0.2) is 0 Å². The van der Waals surface area contributed by atoms with Gasteiger partial charge in [0.05, 0.1) is 17.8 Å². The van der Waals surface area contributed by atoms with Gasteiger partial charge in [-0.05, 0) is 45.2 Å². The van der Waals surface area contributed by atoms with Crippen LogP contribution in [0, 0.1) is 0 Å². The van der Waals surface area contributed by atoms with Crippen LogP contribution in [0.5, 0.6) is 0 Å². The van der Waals surface area contributed by atoms with E-state index in [-0.39, 0.29) is 0 Å². The maximum atomic E-state index is 5.74. The normalized spacial score (nSPS) is 25.4. The lowest BCUT2D eigenvalue weighted by molar-refractivity contribution is 0.0953. The molecular formula is C16H27N3O. The van der Waals surface area contributed by atoms with Crippen LogP contribution in [0.25, 0.3) is 0 Å². The predicted molar refractivity (Wildman–Crippen MR) is 79.9 cm³/mol. The van der Waals surface area contributed by atoms with E-state index >= 15 is 0 Å². The van der Waals surface area contributed by atoms with Gasteiger partial charge in [-0.2, -0.15) is 5.10 Å². The zero-order valence-electron chi connectivity index (χ0n) is 12.6. The Balaban J connectivity index is 1.54. The van der Waals surface area contributed by atoms with Gasteiger partial charge in [0.25, 0.3) is 0 Å². The summed E-state index contributed by atoms with van der Waals surface area (Å²) >= 11 is 0. The van der Waals surface area contributed by atoms with E-state index in [9.17, 15) is 0 Å². The molecule has 1 N–H and O–H groups in total. The Morgan fingerprint density at radius 1 is 1.35 bits per heavy atom. The second kappa shape index (κ2) is 6.72. The van der Waals surface area contributed by atoms with Crippen LogP contribution >= 0.6 is 0 Å². The topological polar surface area (TPSA) is 39.1 Å². The van der Waals surface area contributed by atoms with Gasteiger partial charge < -0.3 is 10.1 Å². The average molecular weight is 277 g/mol. The van der Waals surface area contributed by atoms with Crippen LogP contribution in [-0.2, 0) is 11.2 Å². The number of hydrogen-bond acceptors (Lipinski definition) is 3. The molecule has 1 saturated carbocycles. The third-order valence-electron chi connectivity index (χ3n) is 4.80. The first-order valence-electron chi connectivity index (χ1n) is 8.18. The maximum absolute atomic E-state index is 5.74. The molecule has 2 fully saturated rings. The summed E-state index contributed by atoms with van der Waals surface area (Å²) < 4.78 is 7.94. The fourth-order valence-electron chi connectivity index (χ4n) is 3.56. The third kappa shape index (κ3) is 3.41. The molecule has 4 nitrogen and oxygen atoms in total. The Kier molecular flexibility index (Phi) is 4.73. The van der Waals surface area contributed by atoms with Crippen LogP contribution in [0.15, 0.2) is 12.3 Å². The van der Waals surface area contributed by atoms with Crippen LogP contribution < -0.4 is 5.32 Å². The van der Waals surface area contributed by atoms with Crippen molar-refractivity contribution in [3.05, 3.63) is 18.0 Å². The van der Waals surface area contributed by atoms with E-state index in [4.69, 9.17) is 9.84 Å². The number of nitrogens with zero attached hydrogens (tertiary/aromatic N) is 2. The van der Waals surface area contributed by atoms with Crippen molar-refractivity contribution >= 4 is 0 Å². The molecule has 1 saturated heterocycles. The Bertz CT molecular complexity index is 406. The van der Waals surface area contributed by atoms with E-state index < -0.39 is 0 Å². The van der Waals surface area contributed by atoms with Gasteiger partial charge in [0.1, 0.15) is 0 Å². The van der Waals surface area contributed by atoms with Gasteiger partial charge in [-0.3, -0.25) is 4.68 Å². The number of rotatable bonds is 6. The molecule has 0 amide bonds. The number of ether oxygens (including phenoxy) is 1. The fourth-order valence-corrected chi connectivity index (χ4v) is 3.56. The molecule has 20 heavy (non-hydrogen) atoms. The van der Waals surface area contributed by atoms with E-state index in [1.807, 2.05) is 7.05 Å². The monoisotopic (exact) mass is 277 g/mol.